The van der Waals surface area contributed by atoms with E-state index in [2.05, 4.69) is 15.2 Å². The number of hydrogen-bond donors (Lipinski definition) is 3. The van der Waals surface area contributed by atoms with Crippen molar-refractivity contribution >= 4 is 34.5 Å². The summed E-state index contributed by atoms with van der Waals surface area (Å²) in [6.45, 7) is 2.07. The number of aliphatic hydroxyl groups is 1. The number of nitrogens with zero attached hydrogens (tertiary/aromatic N) is 2. The normalized spacial score (nSPS) is 15.4. The van der Waals surface area contributed by atoms with Crippen LogP contribution in [0.1, 0.15) is 5.56 Å². The highest BCUT2D eigenvalue weighted by Gasteiger charge is 2.28. The van der Waals surface area contributed by atoms with E-state index in [9.17, 15) is 14.7 Å². The second-order valence-corrected chi connectivity index (χ2v) is 7.51. The molecule has 0 spiro atoms. The van der Waals surface area contributed by atoms with Crippen LogP contribution in [0.5, 0.6) is 0 Å². The zero-order valence-corrected chi connectivity index (χ0v) is 17.2. The van der Waals surface area contributed by atoms with Crippen molar-refractivity contribution in [2.24, 2.45) is 0 Å². The third kappa shape index (κ3) is 4.78. The molecule has 0 bridgehead atoms. The van der Waals surface area contributed by atoms with Crippen LogP contribution >= 0.6 is 0 Å². The summed E-state index contributed by atoms with van der Waals surface area (Å²) in [5.74, 6) is -0.676. The van der Waals surface area contributed by atoms with Crippen LogP contribution in [0.15, 0.2) is 66.9 Å². The summed E-state index contributed by atoms with van der Waals surface area (Å²) >= 11 is 0. The smallest absolute Gasteiger partial charge is 0.247 e. The van der Waals surface area contributed by atoms with Gasteiger partial charge in [0.25, 0.3) is 0 Å². The van der Waals surface area contributed by atoms with Crippen LogP contribution < -0.4 is 10.2 Å². The highest BCUT2D eigenvalue weighted by molar-refractivity contribution is 5.98. The van der Waals surface area contributed by atoms with Gasteiger partial charge in [-0.1, -0.05) is 36.4 Å². The third-order valence-corrected chi connectivity index (χ3v) is 5.55. The van der Waals surface area contributed by atoms with Crippen molar-refractivity contribution in [3.8, 4) is 0 Å². The molecule has 1 aliphatic heterocycles. The second kappa shape index (κ2) is 9.49. The predicted octanol–water partition coefficient (Wildman–Crippen LogP) is 2.01. The summed E-state index contributed by atoms with van der Waals surface area (Å²) < 4.78 is 0. The molecule has 160 valence electrons. The average Bonchev–Trinajstić information content (AvgIpc) is 3.24. The van der Waals surface area contributed by atoms with Crippen molar-refractivity contribution in [3.63, 3.8) is 0 Å². The number of piperazine rings is 1. The zero-order valence-electron chi connectivity index (χ0n) is 17.2. The number of aromatic amines is 1. The Morgan fingerprint density at radius 2 is 1.74 bits per heavy atom. The number of anilines is 1. The molecule has 31 heavy (non-hydrogen) atoms. The zero-order chi connectivity index (χ0) is 21.6. The number of aromatic nitrogens is 1. The van der Waals surface area contributed by atoms with Crippen LogP contribution in [0.4, 0.5) is 5.69 Å². The Hall–Kier alpha value is -3.58. The van der Waals surface area contributed by atoms with Gasteiger partial charge in [0.05, 0.1) is 6.61 Å². The number of hydrogen-bond acceptors (Lipinski definition) is 4. The van der Waals surface area contributed by atoms with Gasteiger partial charge in [0.2, 0.25) is 11.8 Å². The van der Waals surface area contributed by atoms with E-state index in [1.165, 1.54) is 6.08 Å². The number of carbonyl (C=O) groups excluding carboxylic acids is 2. The van der Waals surface area contributed by atoms with Crippen LogP contribution in [0.25, 0.3) is 17.0 Å². The number of carbonyl (C=O) groups is 2. The number of rotatable bonds is 6. The van der Waals surface area contributed by atoms with E-state index >= 15 is 0 Å². The average molecular weight is 418 g/mol. The summed E-state index contributed by atoms with van der Waals surface area (Å²) in [5.41, 5.74) is 3.00. The molecular formula is C24H26N4O3. The van der Waals surface area contributed by atoms with Crippen molar-refractivity contribution < 1.29 is 14.7 Å². The standard InChI is InChI=1S/C24H26N4O3/c29-17-22(24(31)28-14-12-27(13-15-28)19-6-2-1-3-7-19)26-23(30)11-10-18-16-25-21-9-5-4-8-20(18)21/h1-11,16,22,25,29H,12-15,17H2,(H,26,30). The van der Waals surface area contributed by atoms with Crippen LogP contribution in [0.3, 0.4) is 0 Å². The first kappa shape index (κ1) is 20.7. The summed E-state index contributed by atoms with van der Waals surface area (Å²) in [5, 5.41) is 13.3. The molecule has 7 nitrogen and oxygen atoms in total. The molecule has 7 heteroatoms. The molecule has 0 aliphatic carbocycles. The van der Waals surface area contributed by atoms with E-state index in [-0.39, 0.29) is 5.91 Å². The maximum Gasteiger partial charge on any atom is 0.247 e. The van der Waals surface area contributed by atoms with Gasteiger partial charge in [0.15, 0.2) is 0 Å². The van der Waals surface area contributed by atoms with Crippen molar-refractivity contribution in [2.75, 3.05) is 37.7 Å². The van der Waals surface area contributed by atoms with Crippen LogP contribution in [-0.4, -0.2) is 65.6 Å². The molecule has 1 aromatic heterocycles. The molecule has 2 amide bonds. The van der Waals surface area contributed by atoms with Gasteiger partial charge in [-0.2, -0.15) is 0 Å². The molecule has 1 fully saturated rings. The van der Waals surface area contributed by atoms with E-state index in [0.717, 1.165) is 22.2 Å². The molecule has 3 N–H and O–H groups in total. The molecule has 1 saturated heterocycles. The van der Waals surface area contributed by atoms with Crippen LogP contribution in [0, 0.1) is 0 Å². The fourth-order valence-electron chi connectivity index (χ4n) is 3.85. The number of fused-ring (bicyclic) bond motifs is 1. The first-order chi connectivity index (χ1) is 15.2. The number of benzene rings is 2. The van der Waals surface area contributed by atoms with E-state index in [1.807, 2.05) is 60.8 Å². The van der Waals surface area contributed by atoms with Gasteiger partial charge in [0, 0.05) is 55.0 Å². The van der Waals surface area contributed by atoms with Gasteiger partial charge in [-0.25, -0.2) is 0 Å². The van der Waals surface area contributed by atoms with E-state index < -0.39 is 18.6 Å². The minimum atomic E-state index is -0.955. The molecule has 3 aromatic rings. The molecule has 1 aliphatic rings. The fourth-order valence-corrected chi connectivity index (χ4v) is 3.85. The Morgan fingerprint density at radius 1 is 1.03 bits per heavy atom. The minimum Gasteiger partial charge on any atom is -0.394 e. The van der Waals surface area contributed by atoms with Crippen LogP contribution in [0.2, 0.25) is 0 Å². The molecule has 2 aromatic carbocycles. The molecule has 2 heterocycles. The summed E-state index contributed by atoms with van der Waals surface area (Å²) in [6.07, 6.45) is 4.92. The van der Waals surface area contributed by atoms with Gasteiger partial charge in [-0.05, 0) is 29.8 Å². The highest BCUT2D eigenvalue weighted by Crippen LogP contribution is 2.19. The van der Waals surface area contributed by atoms with E-state index in [4.69, 9.17) is 0 Å². The number of amides is 2. The first-order valence-corrected chi connectivity index (χ1v) is 10.4. The maximum atomic E-state index is 12.8. The Labute approximate surface area is 181 Å². The highest BCUT2D eigenvalue weighted by atomic mass is 16.3. The van der Waals surface area contributed by atoms with Crippen LogP contribution in [-0.2, 0) is 9.59 Å². The monoisotopic (exact) mass is 418 g/mol. The van der Waals surface area contributed by atoms with Gasteiger partial charge in [0.1, 0.15) is 6.04 Å². The van der Waals surface area contributed by atoms with E-state index in [0.29, 0.717) is 26.2 Å². The Morgan fingerprint density at radius 3 is 2.48 bits per heavy atom. The minimum absolute atomic E-state index is 0.260. The molecule has 0 saturated carbocycles. The largest absolute Gasteiger partial charge is 0.394 e. The van der Waals surface area contributed by atoms with Gasteiger partial charge in [-0.3, -0.25) is 9.59 Å². The lowest BCUT2D eigenvalue weighted by atomic mass is 10.1. The summed E-state index contributed by atoms with van der Waals surface area (Å²) in [7, 11) is 0. The van der Waals surface area contributed by atoms with Crippen molar-refractivity contribution in [2.45, 2.75) is 6.04 Å². The van der Waals surface area contributed by atoms with Gasteiger partial charge >= 0.3 is 0 Å². The molecule has 0 radical (unpaired) electrons. The van der Waals surface area contributed by atoms with Crippen molar-refractivity contribution in [3.05, 3.63) is 72.4 Å². The number of para-hydroxylation sites is 2. The molecule has 1 atom stereocenters. The van der Waals surface area contributed by atoms with Gasteiger partial charge < -0.3 is 25.2 Å². The lowest BCUT2D eigenvalue weighted by molar-refractivity contribution is -0.137. The SMILES string of the molecule is O=C(C=Cc1c[nH]c2ccccc12)NC(CO)C(=O)N1CCN(c2ccccc2)CC1. The predicted molar refractivity (Wildman–Crippen MR) is 122 cm³/mol. The summed E-state index contributed by atoms with van der Waals surface area (Å²) in [4.78, 5) is 32.3. The lowest BCUT2D eigenvalue weighted by Gasteiger charge is -2.37. The number of nitrogens with one attached hydrogen (secondary N) is 2. The Bertz CT molecular complexity index is 1070. The van der Waals surface area contributed by atoms with Crippen molar-refractivity contribution in [1.82, 2.24) is 15.2 Å². The van der Waals surface area contributed by atoms with E-state index in [1.54, 1.807) is 11.0 Å². The Balaban J connectivity index is 1.33. The molecular weight excluding hydrogens is 392 g/mol. The first-order valence-electron chi connectivity index (χ1n) is 10.4. The maximum absolute atomic E-state index is 12.8. The van der Waals surface area contributed by atoms with Gasteiger partial charge in [-0.15, -0.1) is 0 Å². The number of aliphatic hydroxyl groups excluding tert-OH is 1. The quantitative estimate of drug-likeness (QED) is 0.535. The fraction of sp³-hybridized carbons (Fsp3) is 0.250. The third-order valence-electron chi connectivity index (χ3n) is 5.55. The van der Waals surface area contributed by atoms with Crippen molar-refractivity contribution in [1.29, 1.82) is 0 Å². The second-order valence-electron chi connectivity index (χ2n) is 7.51. The summed E-state index contributed by atoms with van der Waals surface area (Å²) in [6, 6.07) is 16.9. The molecule has 4 rings (SSSR count). The topological polar surface area (TPSA) is 88.7 Å². The number of H-pyrrole nitrogens is 1. The molecule has 1 unspecified atom stereocenters. The lowest BCUT2D eigenvalue weighted by Crippen LogP contribution is -2.56. The Kier molecular flexibility index (Phi) is 6.33.